The smallest absolute Gasteiger partial charge is 0.232 e. The van der Waals surface area contributed by atoms with Crippen molar-refractivity contribution >= 4 is 17.7 Å². The molecule has 2 rings (SSSR count). The summed E-state index contributed by atoms with van der Waals surface area (Å²) in [6.07, 6.45) is 5.22. The van der Waals surface area contributed by atoms with E-state index in [0.717, 1.165) is 30.9 Å². The van der Waals surface area contributed by atoms with Gasteiger partial charge < -0.3 is 9.32 Å². The van der Waals surface area contributed by atoms with Crippen LogP contribution in [-0.2, 0) is 10.5 Å². The number of thioether (sulfide) groups is 1. The van der Waals surface area contributed by atoms with Gasteiger partial charge in [0.2, 0.25) is 5.91 Å². The summed E-state index contributed by atoms with van der Waals surface area (Å²) in [6, 6.07) is 4.24. The van der Waals surface area contributed by atoms with Gasteiger partial charge in [-0.1, -0.05) is 0 Å². The number of nitrogens with zero attached hydrogens (tertiary/aromatic N) is 1. The topological polar surface area (TPSA) is 33.5 Å². The molecule has 17 heavy (non-hydrogen) atoms. The minimum atomic E-state index is 0.272. The van der Waals surface area contributed by atoms with E-state index in [0.29, 0.717) is 11.8 Å². The first-order valence-electron chi connectivity index (χ1n) is 6.17. The molecule has 1 aromatic rings. The molecule has 1 saturated heterocycles. The van der Waals surface area contributed by atoms with Crippen LogP contribution in [0.1, 0.15) is 31.9 Å². The van der Waals surface area contributed by atoms with Crippen LogP contribution >= 0.6 is 11.8 Å². The van der Waals surface area contributed by atoms with Gasteiger partial charge in [-0.25, -0.2) is 0 Å². The lowest BCUT2D eigenvalue weighted by atomic mass is 10.0. The van der Waals surface area contributed by atoms with Crippen LogP contribution in [0.15, 0.2) is 22.8 Å². The van der Waals surface area contributed by atoms with Crippen molar-refractivity contribution < 1.29 is 9.21 Å². The van der Waals surface area contributed by atoms with Crippen LogP contribution < -0.4 is 0 Å². The number of carbonyl (C=O) groups is 1. The van der Waals surface area contributed by atoms with Gasteiger partial charge in [0.05, 0.1) is 17.8 Å². The fraction of sp³-hybridized carbons (Fsp3) is 0.615. The molecule has 1 aliphatic rings. The Morgan fingerprint density at radius 1 is 1.59 bits per heavy atom. The summed E-state index contributed by atoms with van der Waals surface area (Å²) in [5, 5.41) is 0. The number of piperidine rings is 1. The molecule has 94 valence electrons. The Labute approximate surface area is 107 Å². The minimum absolute atomic E-state index is 0.272. The highest BCUT2D eigenvalue weighted by molar-refractivity contribution is 7.99. The predicted molar refractivity (Wildman–Crippen MR) is 69.9 cm³/mol. The van der Waals surface area contributed by atoms with Crippen LogP contribution in [0.25, 0.3) is 0 Å². The van der Waals surface area contributed by atoms with Gasteiger partial charge >= 0.3 is 0 Å². The Kier molecular flexibility index (Phi) is 4.54. The molecule has 1 aromatic heterocycles. The van der Waals surface area contributed by atoms with Crippen molar-refractivity contribution in [3.05, 3.63) is 24.2 Å². The second kappa shape index (κ2) is 6.15. The normalized spacial score (nSPS) is 20.5. The van der Waals surface area contributed by atoms with Gasteiger partial charge in [0.25, 0.3) is 0 Å². The lowest BCUT2D eigenvalue weighted by Crippen LogP contribution is -2.42. The number of furan rings is 1. The summed E-state index contributed by atoms with van der Waals surface area (Å²) in [5.41, 5.74) is 0. The largest absolute Gasteiger partial charge is 0.468 e. The standard InChI is InChI=1S/C13H19NO2S/c1-11-5-2-3-7-14(11)13(15)10-17-9-12-6-4-8-16-12/h4,6,8,11H,2-3,5,7,9-10H2,1H3. The van der Waals surface area contributed by atoms with Crippen LogP contribution in [0.2, 0.25) is 0 Å². The molecule has 0 aromatic carbocycles. The Hall–Kier alpha value is -0.900. The lowest BCUT2D eigenvalue weighted by Gasteiger charge is -2.33. The summed E-state index contributed by atoms with van der Waals surface area (Å²) in [4.78, 5) is 14.0. The third-order valence-corrected chi connectivity index (χ3v) is 4.11. The van der Waals surface area contributed by atoms with E-state index in [4.69, 9.17) is 4.42 Å². The summed E-state index contributed by atoms with van der Waals surface area (Å²) in [6.45, 7) is 3.08. The average Bonchev–Trinajstić information content (AvgIpc) is 2.82. The maximum Gasteiger partial charge on any atom is 0.232 e. The molecular weight excluding hydrogens is 234 g/mol. The van der Waals surface area contributed by atoms with Crippen molar-refractivity contribution in [3.63, 3.8) is 0 Å². The fourth-order valence-corrected chi connectivity index (χ4v) is 2.99. The molecule has 0 radical (unpaired) electrons. The van der Waals surface area contributed by atoms with Gasteiger partial charge in [-0.2, -0.15) is 0 Å². The third kappa shape index (κ3) is 3.53. The van der Waals surface area contributed by atoms with E-state index >= 15 is 0 Å². The highest BCUT2D eigenvalue weighted by atomic mass is 32.2. The molecular formula is C13H19NO2S. The zero-order chi connectivity index (χ0) is 12.1. The summed E-state index contributed by atoms with van der Waals surface area (Å²) in [7, 11) is 0. The first-order valence-corrected chi connectivity index (χ1v) is 7.32. The Morgan fingerprint density at radius 3 is 3.18 bits per heavy atom. The zero-order valence-electron chi connectivity index (χ0n) is 10.2. The van der Waals surface area contributed by atoms with Gasteiger partial charge in [0.15, 0.2) is 0 Å². The van der Waals surface area contributed by atoms with Gasteiger partial charge in [-0.3, -0.25) is 4.79 Å². The number of hydrogen-bond donors (Lipinski definition) is 0. The molecule has 4 heteroatoms. The third-order valence-electron chi connectivity index (χ3n) is 3.17. The van der Waals surface area contributed by atoms with Crippen LogP contribution in [0, 0.1) is 0 Å². The first kappa shape index (κ1) is 12.6. The highest BCUT2D eigenvalue weighted by Gasteiger charge is 2.22. The van der Waals surface area contributed by atoms with E-state index in [1.807, 2.05) is 17.0 Å². The van der Waals surface area contributed by atoms with E-state index in [-0.39, 0.29) is 5.91 Å². The van der Waals surface area contributed by atoms with E-state index in [2.05, 4.69) is 6.92 Å². The molecule has 0 spiro atoms. The van der Waals surface area contributed by atoms with E-state index < -0.39 is 0 Å². The number of likely N-dealkylation sites (tertiary alicyclic amines) is 1. The van der Waals surface area contributed by atoms with Gasteiger partial charge in [-0.05, 0) is 38.3 Å². The Bertz CT molecular complexity index is 350. The Balaban J connectivity index is 1.73. The van der Waals surface area contributed by atoms with Crippen LogP contribution in [0.5, 0.6) is 0 Å². The van der Waals surface area contributed by atoms with Crippen molar-refractivity contribution in [3.8, 4) is 0 Å². The molecule has 0 aliphatic carbocycles. The van der Waals surface area contributed by atoms with E-state index in [1.54, 1.807) is 18.0 Å². The summed E-state index contributed by atoms with van der Waals surface area (Å²) in [5.74, 6) is 2.55. The monoisotopic (exact) mass is 253 g/mol. The molecule has 1 aliphatic heterocycles. The summed E-state index contributed by atoms with van der Waals surface area (Å²) < 4.78 is 5.24. The second-order valence-electron chi connectivity index (χ2n) is 4.50. The van der Waals surface area contributed by atoms with E-state index in [9.17, 15) is 4.79 Å². The summed E-state index contributed by atoms with van der Waals surface area (Å²) >= 11 is 1.63. The maximum atomic E-state index is 12.0. The van der Waals surface area contributed by atoms with Crippen molar-refractivity contribution in [1.29, 1.82) is 0 Å². The number of rotatable bonds is 4. The molecule has 3 nitrogen and oxygen atoms in total. The number of amides is 1. The predicted octanol–water partition coefficient (Wildman–Crippen LogP) is 2.91. The van der Waals surface area contributed by atoms with Crippen molar-refractivity contribution in [2.75, 3.05) is 12.3 Å². The molecule has 1 amide bonds. The fourth-order valence-electron chi connectivity index (χ4n) is 2.19. The minimum Gasteiger partial charge on any atom is -0.468 e. The van der Waals surface area contributed by atoms with Gasteiger partial charge in [-0.15, -0.1) is 11.8 Å². The van der Waals surface area contributed by atoms with Crippen molar-refractivity contribution in [2.45, 2.75) is 38.0 Å². The SMILES string of the molecule is CC1CCCCN1C(=O)CSCc1ccco1. The van der Waals surface area contributed by atoms with Gasteiger partial charge in [0, 0.05) is 12.6 Å². The molecule has 0 N–H and O–H groups in total. The molecule has 1 unspecified atom stereocenters. The maximum absolute atomic E-state index is 12.0. The van der Waals surface area contributed by atoms with Crippen LogP contribution in [0.3, 0.4) is 0 Å². The zero-order valence-corrected chi connectivity index (χ0v) is 11.0. The highest BCUT2D eigenvalue weighted by Crippen LogP contribution is 2.19. The van der Waals surface area contributed by atoms with Crippen LogP contribution in [-0.4, -0.2) is 29.1 Å². The quantitative estimate of drug-likeness (QED) is 0.827. The molecule has 0 bridgehead atoms. The lowest BCUT2D eigenvalue weighted by molar-refractivity contribution is -0.131. The van der Waals surface area contributed by atoms with Crippen molar-refractivity contribution in [2.24, 2.45) is 0 Å². The molecule has 1 fully saturated rings. The van der Waals surface area contributed by atoms with Crippen molar-refractivity contribution in [1.82, 2.24) is 4.90 Å². The molecule has 0 saturated carbocycles. The number of hydrogen-bond acceptors (Lipinski definition) is 3. The Morgan fingerprint density at radius 2 is 2.47 bits per heavy atom. The average molecular weight is 253 g/mol. The number of carbonyl (C=O) groups excluding carboxylic acids is 1. The van der Waals surface area contributed by atoms with Gasteiger partial charge in [0.1, 0.15) is 5.76 Å². The molecule has 2 heterocycles. The second-order valence-corrected chi connectivity index (χ2v) is 5.49. The van der Waals surface area contributed by atoms with E-state index in [1.165, 1.54) is 6.42 Å². The van der Waals surface area contributed by atoms with Crippen LogP contribution in [0.4, 0.5) is 0 Å². The molecule has 1 atom stereocenters. The first-order chi connectivity index (χ1) is 8.27.